The molecule has 0 atom stereocenters. The number of methoxy groups -OCH3 is 1. The van der Waals surface area contributed by atoms with Gasteiger partial charge in [0, 0.05) is 19.2 Å². The SMILES string of the molecule is COc1cc(S(=O)(=O)N2CCC(O)CC2)ccc1N. The molecule has 6 nitrogen and oxygen atoms in total. The first-order chi connectivity index (χ1) is 8.95. The molecule has 1 heterocycles. The van der Waals surface area contributed by atoms with Gasteiger partial charge in [-0.2, -0.15) is 4.31 Å². The third-order valence-electron chi connectivity index (χ3n) is 3.27. The molecule has 1 aliphatic rings. The number of ether oxygens (including phenoxy) is 1. The highest BCUT2D eigenvalue weighted by molar-refractivity contribution is 7.89. The lowest BCUT2D eigenvalue weighted by molar-refractivity contribution is 0.113. The van der Waals surface area contributed by atoms with Crippen LogP contribution in [-0.2, 0) is 10.0 Å². The highest BCUT2D eigenvalue weighted by Gasteiger charge is 2.29. The molecule has 19 heavy (non-hydrogen) atoms. The van der Waals surface area contributed by atoms with Crippen LogP contribution < -0.4 is 10.5 Å². The first-order valence-corrected chi connectivity index (χ1v) is 7.51. The second-order valence-corrected chi connectivity index (χ2v) is 6.48. The maximum Gasteiger partial charge on any atom is 0.243 e. The van der Waals surface area contributed by atoms with Crippen LogP contribution in [0.25, 0.3) is 0 Å². The standard InChI is InChI=1S/C12H18N2O4S/c1-18-12-8-10(2-3-11(12)13)19(16,17)14-6-4-9(15)5-7-14/h2-3,8-9,15H,4-7,13H2,1H3. The predicted octanol–water partition coefficient (Wildman–Crippen LogP) is 0.423. The van der Waals surface area contributed by atoms with Gasteiger partial charge in [0.2, 0.25) is 10.0 Å². The lowest BCUT2D eigenvalue weighted by atomic mass is 10.1. The van der Waals surface area contributed by atoms with Gasteiger partial charge in [-0.05, 0) is 25.0 Å². The summed E-state index contributed by atoms with van der Waals surface area (Å²) in [6.07, 6.45) is 0.517. The molecule has 0 spiro atoms. The van der Waals surface area contributed by atoms with Gasteiger partial charge < -0.3 is 15.6 Å². The number of rotatable bonds is 3. The Kier molecular flexibility index (Phi) is 3.98. The molecule has 106 valence electrons. The number of aliphatic hydroxyl groups is 1. The molecule has 1 saturated heterocycles. The fourth-order valence-electron chi connectivity index (χ4n) is 2.08. The summed E-state index contributed by atoms with van der Waals surface area (Å²) >= 11 is 0. The average Bonchev–Trinajstić information content (AvgIpc) is 2.39. The summed E-state index contributed by atoms with van der Waals surface area (Å²) in [7, 11) is -2.10. The van der Waals surface area contributed by atoms with Crippen LogP contribution in [0.3, 0.4) is 0 Å². The lowest BCUT2D eigenvalue weighted by Crippen LogP contribution is -2.39. The molecule has 0 aromatic heterocycles. The Hall–Kier alpha value is -1.31. The van der Waals surface area contributed by atoms with E-state index in [9.17, 15) is 13.5 Å². The van der Waals surface area contributed by atoms with Gasteiger partial charge in [-0.1, -0.05) is 0 Å². The molecule has 7 heteroatoms. The minimum absolute atomic E-state index is 0.162. The molecule has 0 aliphatic carbocycles. The molecule has 1 aromatic carbocycles. The summed E-state index contributed by atoms with van der Waals surface area (Å²) in [6.45, 7) is 0.659. The molecular formula is C12H18N2O4S. The zero-order valence-corrected chi connectivity index (χ0v) is 11.6. The molecule has 1 aliphatic heterocycles. The number of nitrogens with zero attached hydrogens (tertiary/aromatic N) is 1. The number of nitrogen functional groups attached to an aromatic ring is 1. The van der Waals surface area contributed by atoms with Crippen molar-refractivity contribution in [2.45, 2.75) is 23.8 Å². The summed E-state index contributed by atoms with van der Waals surface area (Å²) < 4.78 is 31.3. The van der Waals surface area contributed by atoms with Crippen LogP contribution in [0.15, 0.2) is 23.1 Å². The Bertz CT molecular complexity index is 551. The highest BCUT2D eigenvalue weighted by Crippen LogP contribution is 2.27. The van der Waals surface area contributed by atoms with Crippen molar-refractivity contribution in [3.05, 3.63) is 18.2 Å². The van der Waals surface area contributed by atoms with E-state index >= 15 is 0 Å². The van der Waals surface area contributed by atoms with Crippen molar-refractivity contribution < 1.29 is 18.3 Å². The van der Waals surface area contributed by atoms with Crippen LogP contribution in [0, 0.1) is 0 Å². The van der Waals surface area contributed by atoms with Crippen molar-refractivity contribution in [1.82, 2.24) is 4.31 Å². The van der Waals surface area contributed by atoms with Crippen LogP contribution in [0.1, 0.15) is 12.8 Å². The van der Waals surface area contributed by atoms with Gasteiger partial charge in [0.25, 0.3) is 0 Å². The molecule has 1 aromatic rings. The maximum atomic E-state index is 12.4. The second kappa shape index (κ2) is 5.36. The van der Waals surface area contributed by atoms with Crippen LogP contribution in [0.2, 0.25) is 0 Å². The zero-order valence-electron chi connectivity index (χ0n) is 10.7. The Morgan fingerprint density at radius 1 is 1.37 bits per heavy atom. The van der Waals surface area contributed by atoms with Gasteiger partial charge in [-0.15, -0.1) is 0 Å². The average molecular weight is 286 g/mol. The predicted molar refractivity (Wildman–Crippen MR) is 71.4 cm³/mol. The summed E-state index contributed by atoms with van der Waals surface area (Å²) in [5.74, 6) is 0.345. The minimum atomic E-state index is -3.55. The number of piperidine rings is 1. The minimum Gasteiger partial charge on any atom is -0.495 e. The molecule has 1 fully saturated rings. The quantitative estimate of drug-likeness (QED) is 0.786. The van der Waals surface area contributed by atoms with E-state index in [2.05, 4.69) is 0 Å². The van der Waals surface area contributed by atoms with Gasteiger partial charge in [0.1, 0.15) is 5.75 Å². The normalized spacial score (nSPS) is 18.4. The smallest absolute Gasteiger partial charge is 0.243 e. The number of anilines is 1. The van der Waals surface area contributed by atoms with Gasteiger partial charge in [-0.25, -0.2) is 8.42 Å². The topological polar surface area (TPSA) is 92.9 Å². The van der Waals surface area contributed by atoms with E-state index in [0.717, 1.165) is 0 Å². The second-order valence-electron chi connectivity index (χ2n) is 4.54. The molecule has 0 radical (unpaired) electrons. The summed E-state index contributed by atoms with van der Waals surface area (Å²) in [6, 6.07) is 4.42. The number of sulfonamides is 1. The largest absolute Gasteiger partial charge is 0.495 e. The fraction of sp³-hybridized carbons (Fsp3) is 0.500. The summed E-state index contributed by atoms with van der Waals surface area (Å²) in [5, 5.41) is 9.42. The first kappa shape index (κ1) is 14.1. The van der Waals surface area contributed by atoms with Crippen LogP contribution in [0.5, 0.6) is 5.75 Å². The molecule has 0 bridgehead atoms. The van der Waals surface area contributed by atoms with Crippen molar-refractivity contribution in [2.24, 2.45) is 0 Å². The Balaban J connectivity index is 2.29. The molecule has 2 rings (SSSR count). The van der Waals surface area contributed by atoms with Gasteiger partial charge in [-0.3, -0.25) is 0 Å². The monoisotopic (exact) mass is 286 g/mol. The van der Waals surface area contributed by atoms with E-state index in [1.807, 2.05) is 0 Å². The van der Waals surface area contributed by atoms with Crippen molar-refractivity contribution in [2.75, 3.05) is 25.9 Å². The molecule has 0 amide bonds. The molecule has 0 saturated carbocycles. The number of nitrogens with two attached hydrogens (primary N) is 1. The van der Waals surface area contributed by atoms with E-state index in [0.29, 0.717) is 37.4 Å². The molecular weight excluding hydrogens is 268 g/mol. The Labute approximate surface area is 112 Å². The fourth-order valence-corrected chi connectivity index (χ4v) is 3.57. The maximum absolute atomic E-state index is 12.4. The summed E-state index contributed by atoms with van der Waals surface area (Å²) in [5.41, 5.74) is 6.07. The van der Waals surface area contributed by atoms with E-state index in [4.69, 9.17) is 10.5 Å². The van der Waals surface area contributed by atoms with Crippen molar-refractivity contribution in [3.8, 4) is 5.75 Å². The van der Waals surface area contributed by atoms with Crippen LogP contribution in [-0.4, -0.2) is 44.1 Å². The van der Waals surface area contributed by atoms with E-state index < -0.39 is 16.1 Å². The highest BCUT2D eigenvalue weighted by atomic mass is 32.2. The summed E-state index contributed by atoms with van der Waals surface area (Å²) in [4.78, 5) is 0.162. The Morgan fingerprint density at radius 3 is 2.58 bits per heavy atom. The molecule has 0 unspecified atom stereocenters. The van der Waals surface area contributed by atoms with Crippen molar-refractivity contribution in [3.63, 3.8) is 0 Å². The van der Waals surface area contributed by atoms with Gasteiger partial charge >= 0.3 is 0 Å². The van der Waals surface area contributed by atoms with E-state index in [1.54, 1.807) is 0 Å². The third-order valence-corrected chi connectivity index (χ3v) is 5.16. The van der Waals surface area contributed by atoms with Crippen molar-refractivity contribution >= 4 is 15.7 Å². The van der Waals surface area contributed by atoms with E-state index in [-0.39, 0.29) is 4.90 Å². The van der Waals surface area contributed by atoms with Gasteiger partial charge in [0.15, 0.2) is 0 Å². The zero-order chi connectivity index (χ0) is 14.0. The Morgan fingerprint density at radius 2 is 2.00 bits per heavy atom. The van der Waals surface area contributed by atoms with Gasteiger partial charge in [0.05, 0.1) is 23.8 Å². The number of benzene rings is 1. The molecule has 3 N–H and O–H groups in total. The number of hydrogen-bond acceptors (Lipinski definition) is 5. The van der Waals surface area contributed by atoms with Crippen LogP contribution in [0.4, 0.5) is 5.69 Å². The number of aliphatic hydroxyl groups excluding tert-OH is 1. The first-order valence-electron chi connectivity index (χ1n) is 6.07. The lowest BCUT2D eigenvalue weighted by Gasteiger charge is -2.28. The third kappa shape index (κ3) is 2.83. The van der Waals surface area contributed by atoms with Crippen LogP contribution >= 0.6 is 0 Å². The number of hydrogen-bond donors (Lipinski definition) is 2. The van der Waals surface area contributed by atoms with Crippen molar-refractivity contribution in [1.29, 1.82) is 0 Å². The van der Waals surface area contributed by atoms with E-state index in [1.165, 1.54) is 29.6 Å².